The number of hydrogen-bond donors (Lipinski definition) is 3. The fourth-order valence-corrected chi connectivity index (χ4v) is 4.31. The molecule has 2 aromatic carbocycles. The molecule has 4 rings (SSSR count). The van der Waals surface area contributed by atoms with E-state index in [1.807, 2.05) is 53.4 Å². The number of carbonyl (C=O) groups is 1. The normalized spacial score (nSPS) is 19.7. The molecule has 1 atom stereocenters. The molecule has 0 aromatic heterocycles. The van der Waals surface area contributed by atoms with E-state index in [-0.39, 0.29) is 24.8 Å². The summed E-state index contributed by atoms with van der Waals surface area (Å²) in [5.41, 5.74) is 3.81. The Balaban J connectivity index is 1.26. The first kappa shape index (κ1) is 22.5. The summed E-state index contributed by atoms with van der Waals surface area (Å²) in [5, 5.41) is 9.49. The van der Waals surface area contributed by atoms with E-state index in [2.05, 4.69) is 16.0 Å². The second-order valence-electron chi connectivity index (χ2n) is 8.54. The van der Waals surface area contributed by atoms with Gasteiger partial charge in [-0.3, -0.25) is 4.79 Å². The number of hydrogen-bond acceptors (Lipinski definition) is 4. The lowest BCUT2D eigenvalue weighted by atomic mass is 9.96. The first-order chi connectivity index (χ1) is 15.4. The molecule has 0 aliphatic carbocycles. The molecule has 1 amide bonds. The summed E-state index contributed by atoms with van der Waals surface area (Å²) >= 11 is 0. The van der Waals surface area contributed by atoms with E-state index in [9.17, 15) is 18.0 Å². The van der Waals surface area contributed by atoms with E-state index >= 15 is 0 Å². The maximum absolute atomic E-state index is 12.9. The predicted molar refractivity (Wildman–Crippen MR) is 120 cm³/mol. The molecule has 3 N–H and O–H groups in total. The van der Waals surface area contributed by atoms with Gasteiger partial charge in [-0.05, 0) is 74.2 Å². The molecule has 0 spiro atoms. The van der Waals surface area contributed by atoms with Crippen LogP contribution in [0.25, 0.3) is 0 Å². The molecule has 2 saturated heterocycles. The first-order valence-electron chi connectivity index (χ1n) is 11.2. The SMILES string of the molecule is O=C(NCc1ccc(Nc2ccc(N3CCC(C(F)(F)F)CC3)cc2)cc1)[C@H]1CCCN1. The summed E-state index contributed by atoms with van der Waals surface area (Å²) in [4.78, 5) is 14.1. The average molecular weight is 447 g/mol. The Morgan fingerprint density at radius 2 is 1.59 bits per heavy atom. The maximum atomic E-state index is 12.9. The van der Waals surface area contributed by atoms with E-state index in [0.717, 1.165) is 42.0 Å². The Morgan fingerprint density at radius 1 is 0.969 bits per heavy atom. The lowest BCUT2D eigenvalue weighted by molar-refractivity contribution is -0.179. The van der Waals surface area contributed by atoms with Crippen molar-refractivity contribution in [3.8, 4) is 0 Å². The minimum absolute atomic E-state index is 0.0485. The molecular weight excluding hydrogens is 417 g/mol. The summed E-state index contributed by atoms with van der Waals surface area (Å²) < 4.78 is 38.6. The van der Waals surface area contributed by atoms with Crippen molar-refractivity contribution in [2.75, 3.05) is 29.9 Å². The molecule has 2 fully saturated rings. The van der Waals surface area contributed by atoms with Crippen LogP contribution in [-0.4, -0.2) is 37.8 Å². The lowest BCUT2D eigenvalue weighted by Gasteiger charge is -2.34. The van der Waals surface area contributed by atoms with Gasteiger partial charge in [0.1, 0.15) is 0 Å². The molecule has 2 heterocycles. The molecule has 8 heteroatoms. The Kier molecular flexibility index (Phi) is 6.89. The van der Waals surface area contributed by atoms with Crippen LogP contribution in [0.15, 0.2) is 48.5 Å². The number of halogens is 3. The van der Waals surface area contributed by atoms with E-state index in [1.165, 1.54) is 0 Å². The highest BCUT2D eigenvalue weighted by Gasteiger charge is 2.41. The second kappa shape index (κ2) is 9.81. The summed E-state index contributed by atoms with van der Waals surface area (Å²) in [6, 6.07) is 15.6. The molecule has 32 heavy (non-hydrogen) atoms. The van der Waals surface area contributed by atoms with Crippen molar-refractivity contribution in [1.29, 1.82) is 0 Å². The van der Waals surface area contributed by atoms with Gasteiger partial charge in [0.15, 0.2) is 0 Å². The number of carbonyl (C=O) groups excluding carboxylic acids is 1. The number of nitrogens with zero attached hydrogens (tertiary/aromatic N) is 1. The number of alkyl halides is 3. The van der Waals surface area contributed by atoms with Crippen LogP contribution < -0.4 is 20.9 Å². The minimum atomic E-state index is -4.09. The van der Waals surface area contributed by atoms with Crippen molar-refractivity contribution in [2.45, 2.75) is 44.4 Å². The van der Waals surface area contributed by atoms with Gasteiger partial charge in [0.25, 0.3) is 0 Å². The highest BCUT2D eigenvalue weighted by Crippen LogP contribution is 2.35. The quantitative estimate of drug-likeness (QED) is 0.608. The first-order valence-corrected chi connectivity index (χ1v) is 11.2. The monoisotopic (exact) mass is 446 g/mol. The van der Waals surface area contributed by atoms with E-state index < -0.39 is 12.1 Å². The fourth-order valence-electron chi connectivity index (χ4n) is 4.31. The predicted octanol–water partition coefficient (Wildman–Crippen LogP) is 4.58. The number of benzene rings is 2. The van der Waals surface area contributed by atoms with Gasteiger partial charge in [0, 0.05) is 36.7 Å². The summed E-state index contributed by atoms with van der Waals surface area (Å²) in [5.74, 6) is -1.14. The van der Waals surface area contributed by atoms with E-state index in [0.29, 0.717) is 19.6 Å². The number of rotatable bonds is 6. The van der Waals surface area contributed by atoms with Gasteiger partial charge in [0.05, 0.1) is 12.0 Å². The molecule has 0 radical (unpaired) electrons. The van der Waals surface area contributed by atoms with Gasteiger partial charge < -0.3 is 20.9 Å². The molecule has 2 aromatic rings. The van der Waals surface area contributed by atoms with Crippen molar-refractivity contribution in [1.82, 2.24) is 10.6 Å². The molecular formula is C24H29F3N4O. The number of piperidine rings is 1. The number of anilines is 3. The Hall–Kier alpha value is -2.74. The molecule has 172 valence electrons. The van der Waals surface area contributed by atoms with Gasteiger partial charge in [-0.1, -0.05) is 12.1 Å². The second-order valence-corrected chi connectivity index (χ2v) is 8.54. The Bertz CT molecular complexity index is 885. The van der Waals surface area contributed by atoms with Crippen LogP contribution in [0.1, 0.15) is 31.2 Å². The van der Waals surface area contributed by atoms with Crippen LogP contribution >= 0.6 is 0 Å². The largest absolute Gasteiger partial charge is 0.391 e. The third-order valence-electron chi connectivity index (χ3n) is 6.28. The van der Waals surface area contributed by atoms with Crippen LogP contribution in [0, 0.1) is 5.92 Å². The van der Waals surface area contributed by atoms with Crippen molar-refractivity contribution >= 4 is 23.0 Å². The van der Waals surface area contributed by atoms with Crippen LogP contribution in [0.2, 0.25) is 0 Å². The number of nitrogens with one attached hydrogen (secondary N) is 3. The summed E-state index contributed by atoms with van der Waals surface area (Å²) in [6.07, 6.45) is -1.87. The molecule has 0 bridgehead atoms. The van der Waals surface area contributed by atoms with E-state index in [1.54, 1.807) is 0 Å². The fraction of sp³-hybridized carbons (Fsp3) is 0.458. The standard InChI is InChI=1S/C24H29F3N4O/c25-24(26,27)18-11-14-31(15-12-18)21-9-7-20(8-10-21)30-19-5-3-17(4-6-19)16-29-23(32)22-2-1-13-28-22/h3-10,18,22,28,30H,1-2,11-16H2,(H,29,32)/t22-/m1/s1. The highest BCUT2D eigenvalue weighted by molar-refractivity contribution is 5.82. The zero-order chi connectivity index (χ0) is 22.6. The van der Waals surface area contributed by atoms with Crippen LogP contribution in [-0.2, 0) is 11.3 Å². The number of amides is 1. The smallest absolute Gasteiger partial charge is 0.372 e. The lowest BCUT2D eigenvalue weighted by Crippen LogP contribution is -2.39. The highest BCUT2D eigenvalue weighted by atomic mass is 19.4. The van der Waals surface area contributed by atoms with E-state index in [4.69, 9.17) is 0 Å². The Morgan fingerprint density at radius 3 is 2.16 bits per heavy atom. The third kappa shape index (κ3) is 5.73. The zero-order valence-electron chi connectivity index (χ0n) is 17.9. The van der Waals surface area contributed by atoms with Crippen LogP contribution in [0.3, 0.4) is 0 Å². The Labute approximate surface area is 186 Å². The molecule has 2 aliphatic rings. The van der Waals surface area contributed by atoms with Crippen molar-refractivity contribution in [3.05, 3.63) is 54.1 Å². The molecule has 5 nitrogen and oxygen atoms in total. The van der Waals surface area contributed by atoms with Crippen molar-refractivity contribution in [2.24, 2.45) is 5.92 Å². The average Bonchev–Trinajstić information content (AvgIpc) is 3.34. The maximum Gasteiger partial charge on any atom is 0.391 e. The van der Waals surface area contributed by atoms with Gasteiger partial charge in [-0.25, -0.2) is 0 Å². The summed E-state index contributed by atoms with van der Waals surface area (Å²) in [6.45, 7) is 2.24. The molecule has 2 aliphatic heterocycles. The molecule has 0 unspecified atom stereocenters. The van der Waals surface area contributed by atoms with Crippen molar-refractivity contribution in [3.63, 3.8) is 0 Å². The molecule has 0 saturated carbocycles. The zero-order valence-corrected chi connectivity index (χ0v) is 17.9. The van der Waals surface area contributed by atoms with Gasteiger partial charge >= 0.3 is 6.18 Å². The third-order valence-corrected chi connectivity index (χ3v) is 6.28. The summed E-state index contributed by atoms with van der Waals surface area (Å²) in [7, 11) is 0. The van der Waals surface area contributed by atoms with Gasteiger partial charge in [-0.2, -0.15) is 13.2 Å². The topological polar surface area (TPSA) is 56.4 Å². The van der Waals surface area contributed by atoms with Gasteiger partial charge in [-0.15, -0.1) is 0 Å². The van der Waals surface area contributed by atoms with Crippen LogP contribution in [0.4, 0.5) is 30.2 Å². The van der Waals surface area contributed by atoms with Crippen molar-refractivity contribution < 1.29 is 18.0 Å². The van der Waals surface area contributed by atoms with Gasteiger partial charge in [0.2, 0.25) is 5.91 Å². The minimum Gasteiger partial charge on any atom is -0.372 e. The van der Waals surface area contributed by atoms with Crippen LogP contribution in [0.5, 0.6) is 0 Å².